The van der Waals surface area contributed by atoms with Crippen LogP contribution in [0.2, 0.25) is 0 Å². The fraction of sp³-hybridized carbons (Fsp3) is 0.261. The molecule has 1 aliphatic heterocycles. The van der Waals surface area contributed by atoms with Crippen LogP contribution in [0.5, 0.6) is 17.2 Å². The Bertz CT molecular complexity index is 1120. The number of hydrogen-bond acceptors (Lipinski definition) is 6. The van der Waals surface area contributed by atoms with Crippen LogP contribution >= 0.6 is 0 Å². The van der Waals surface area contributed by atoms with E-state index in [0.29, 0.717) is 28.8 Å². The number of carbonyl (C=O) groups is 2. The Balaban J connectivity index is 1.64. The van der Waals surface area contributed by atoms with Crippen LogP contribution in [-0.4, -0.2) is 48.7 Å². The average molecular weight is 436 g/mol. The van der Waals surface area contributed by atoms with E-state index in [0.717, 1.165) is 5.56 Å². The first-order chi connectivity index (χ1) is 15.5. The Kier molecular flexibility index (Phi) is 5.98. The summed E-state index contributed by atoms with van der Waals surface area (Å²) < 4.78 is 18.1. The molecule has 0 bridgehead atoms. The first-order valence-corrected chi connectivity index (χ1v) is 10.0. The van der Waals surface area contributed by atoms with Crippen molar-refractivity contribution in [2.75, 3.05) is 32.3 Å². The number of nitrogens with one attached hydrogen (secondary N) is 1. The van der Waals surface area contributed by atoms with Crippen LogP contribution in [0.3, 0.4) is 0 Å². The summed E-state index contributed by atoms with van der Waals surface area (Å²) in [5.41, 5.74) is 1.30. The topological polar surface area (TPSA) is 94.9 Å². The Morgan fingerprint density at radius 3 is 2.56 bits per heavy atom. The van der Waals surface area contributed by atoms with Crippen LogP contribution < -0.4 is 24.4 Å². The lowest BCUT2D eigenvalue weighted by Crippen LogP contribution is -2.46. The number of benzene rings is 2. The smallest absolute Gasteiger partial charge is 0.265 e. The van der Waals surface area contributed by atoms with Gasteiger partial charge in [0.25, 0.3) is 5.91 Å². The molecule has 166 valence electrons. The third kappa shape index (κ3) is 4.22. The van der Waals surface area contributed by atoms with E-state index in [1.165, 1.54) is 4.90 Å². The number of aryl methyl sites for hydroxylation is 1. The normalized spacial score (nSPS) is 13.7. The quantitative estimate of drug-likeness (QED) is 0.609. The number of carbonyl (C=O) groups excluding carboxylic acids is 2. The molecule has 2 aromatic carbocycles. The molecule has 0 saturated heterocycles. The third-order valence-corrected chi connectivity index (χ3v) is 5.24. The second-order valence-corrected chi connectivity index (χ2v) is 7.28. The maximum absolute atomic E-state index is 13.1. The van der Waals surface area contributed by atoms with Gasteiger partial charge < -0.3 is 24.1 Å². The molecule has 0 spiro atoms. The van der Waals surface area contributed by atoms with Crippen molar-refractivity contribution >= 4 is 17.5 Å². The molecule has 1 unspecified atom stereocenters. The number of imidazole rings is 1. The molecule has 4 rings (SSSR count). The van der Waals surface area contributed by atoms with Gasteiger partial charge in [0.05, 0.1) is 19.9 Å². The molecule has 9 nitrogen and oxygen atoms in total. The van der Waals surface area contributed by atoms with Gasteiger partial charge in [-0.3, -0.25) is 14.5 Å². The monoisotopic (exact) mass is 436 g/mol. The van der Waals surface area contributed by atoms with Gasteiger partial charge in [-0.05, 0) is 29.8 Å². The van der Waals surface area contributed by atoms with Gasteiger partial charge in [0.2, 0.25) is 5.91 Å². The van der Waals surface area contributed by atoms with E-state index in [2.05, 4.69) is 10.3 Å². The van der Waals surface area contributed by atoms with Gasteiger partial charge in [-0.1, -0.05) is 12.1 Å². The zero-order valence-corrected chi connectivity index (χ0v) is 18.1. The lowest BCUT2D eigenvalue weighted by molar-refractivity contribution is -0.125. The maximum Gasteiger partial charge on any atom is 0.265 e. The first kappa shape index (κ1) is 21.2. The SMILES string of the molecule is COc1cc(OC)cc(C(NC(=O)CN2C(=O)COc3ccccc32)c2nccn2C)c1. The van der Waals surface area contributed by atoms with E-state index in [1.54, 1.807) is 50.9 Å². The number of para-hydroxylation sites is 2. The minimum absolute atomic E-state index is 0.111. The van der Waals surface area contributed by atoms with Gasteiger partial charge >= 0.3 is 0 Å². The van der Waals surface area contributed by atoms with Crippen molar-refractivity contribution in [1.82, 2.24) is 14.9 Å². The number of amides is 2. The van der Waals surface area contributed by atoms with E-state index in [4.69, 9.17) is 14.2 Å². The maximum atomic E-state index is 13.1. The van der Waals surface area contributed by atoms with E-state index in [9.17, 15) is 9.59 Å². The van der Waals surface area contributed by atoms with Gasteiger partial charge in [-0.25, -0.2) is 4.98 Å². The second kappa shape index (κ2) is 9.01. The molecule has 0 saturated carbocycles. The molecule has 0 fully saturated rings. The number of rotatable bonds is 7. The summed E-state index contributed by atoms with van der Waals surface area (Å²) in [6.07, 6.45) is 3.46. The fourth-order valence-electron chi connectivity index (χ4n) is 3.63. The molecule has 1 N–H and O–H groups in total. The number of anilines is 1. The molecule has 2 heterocycles. The highest BCUT2D eigenvalue weighted by atomic mass is 16.5. The van der Waals surface area contributed by atoms with E-state index in [-0.39, 0.29) is 25.0 Å². The number of aromatic nitrogens is 2. The zero-order valence-electron chi connectivity index (χ0n) is 18.1. The molecular formula is C23H24N4O5. The summed E-state index contributed by atoms with van der Waals surface area (Å²) in [6.45, 7) is -0.262. The molecule has 2 amide bonds. The van der Waals surface area contributed by atoms with Gasteiger partial charge in [-0.15, -0.1) is 0 Å². The molecular weight excluding hydrogens is 412 g/mol. The molecule has 0 radical (unpaired) electrons. The Hall–Kier alpha value is -4.01. The molecule has 3 aromatic rings. The van der Waals surface area contributed by atoms with Gasteiger partial charge in [-0.2, -0.15) is 0 Å². The summed E-state index contributed by atoms with van der Waals surface area (Å²) in [6, 6.07) is 11.9. The molecule has 1 aromatic heterocycles. The minimum Gasteiger partial charge on any atom is -0.497 e. The zero-order chi connectivity index (χ0) is 22.7. The summed E-state index contributed by atoms with van der Waals surface area (Å²) >= 11 is 0. The number of methoxy groups -OCH3 is 2. The van der Waals surface area contributed by atoms with E-state index < -0.39 is 6.04 Å². The van der Waals surface area contributed by atoms with Crippen molar-refractivity contribution < 1.29 is 23.8 Å². The van der Waals surface area contributed by atoms with Crippen molar-refractivity contribution in [1.29, 1.82) is 0 Å². The summed E-state index contributed by atoms with van der Waals surface area (Å²) in [4.78, 5) is 31.4. The predicted octanol–water partition coefficient (Wildman–Crippen LogP) is 2.07. The van der Waals surface area contributed by atoms with Crippen molar-refractivity contribution in [3.63, 3.8) is 0 Å². The Labute approximate surface area is 185 Å². The molecule has 32 heavy (non-hydrogen) atoms. The van der Waals surface area contributed by atoms with Gasteiger partial charge in [0.1, 0.15) is 35.7 Å². The van der Waals surface area contributed by atoms with Gasteiger partial charge in [0.15, 0.2) is 6.61 Å². The number of nitrogens with zero attached hydrogens (tertiary/aromatic N) is 3. The van der Waals surface area contributed by atoms with E-state index >= 15 is 0 Å². The van der Waals surface area contributed by atoms with Crippen molar-refractivity contribution in [2.24, 2.45) is 7.05 Å². The van der Waals surface area contributed by atoms with Gasteiger partial charge in [0, 0.05) is 25.5 Å². The highest BCUT2D eigenvalue weighted by molar-refractivity contribution is 6.02. The first-order valence-electron chi connectivity index (χ1n) is 10.0. The van der Waals surface area contributed by atoms with Crippen LogP contribution in [0, 0.1) is 0 Å². The highest BCUT2D eigenvalue weighted by Crippen LogP contribution is 2.32. The van der Waals surface area contributed by atoms with Crippen LogP contribution in [0.15, 0.2) is 54.9 Å². The second-order valence-electron chi connectivity index (χ2n) is 7.28. The van der Waals surface area contributed by atoms with Crippen LogP contribution in [0.25, 0.3) is 0 Å². The van der Waals surface area contributed by atoms with Crippen molar-refractivity contribution in [2.45, 2.75) is 6.04 Å². The molecule has 1 aliphatic rings. The summed E-state index contributed by atoms with van der Waals surface area (Å²) in [5.74, 6) is 1.75. The Morgan fingerprint density at radius 1 is 1.19 bits per heavy atom. The molecule has 9 heteroatoms. The van der Waals surface area contributed by atoms with Crippen LogP contribution in [0.4, 0.5) is 5.69 Å². The lowest BCUT2D eigenvalue weighted by atomic mass is 10.0. The van der Waals surface area contributed by atoms with Crippen molar-refractivity contribution in [3.8, 4) is 17.2 Å². The molecule has 1 atom stereocenters. The molecule has 0 aliphatic carbocycles. The number of fused-ring (bicyclic) bond motifs is 1. The lowest BCUT2D eigenvalue weighted by Gasteiger charge is -2.29. The highest BCUT2D eigenvalue weighted by Gasteiger charge is 2.29. The van der Waals surface area contributed by atoms with E-state index in [1.807, 2.05) is 29.8 Å². The van der Waals surface area contributed by atoms with Crippen LogP contribution in [-0.2, 0) is 16.6 Å². The average Bonchev–Trinajstić information content (AvgIpc) is 3.24. The summed E-state index contributed by atoms with van der Waals surface area (Å²) in [7, 11) is 4.98. The predicted molar refractivity (Wildman–Crippen MR) is 117 cm³/mol. The number of hydrogen-bond donors (Lipinski definition) is 1. The Morgan fingerprint density at radius 2 is 1.91 bits per heavy atom. The standard InChI is InChI=1S/C23H24N4O5/c1-26-9-8-24-23(26)22(15-10-16(30-2)12-17(11-15)31-3)25-20(28)13-27-18-6-4-5-7-19(18)32-14-21(27)29/h4-12,22H,13-14H2,1-3H3,(H,25,28). The summed E-state index contributed by atoms with van der Waals surface area (Å²) in [5, 5.41) is 3.01. The third-order valence-electron chi connectivity index (χ3n) is 5.24. The number of ether oxygens (including phenoxy) is 3. The minimum atomic E-state index is -0.585. The van der Waals surface area contributed by atoms with Crippen molar-refractivity contribution in [3.05, 3.63) is 66.2 Å². The fourth-order valence-corrected chi connectivity index (χ4v) is 3.63. The van der Waals surface area contributed by atoms with Crippen LogP contribution in [0.1, 0.15) is 17.4 Å². The largest absolute Gasteiger partial charge is 0.497 e.